The maximum absolute atomic E-state index is 11.6. The van der Waals surface area contributed by atoms with E-state index in [0.717, 1.165) is 5.56 Å². The van der Waals surface area contributed by atoms with Crippen LogP contribution in [-0.2, 0) is 16.0 Å². The lowest BCUT2D eigenvalue weighted by Crippen LogP contribution is -2.42. The largest absolute Gasteiger partial charge is 0.508 e. The summed E-state index contributed by atoms with van der Waals surface area (Å²) in [6, 6.07) is 5.78. The lowest BCUT2D eigenvalue weighted by atomic mass is 10.1. The summed E-state index contributed by atoms with van der Waals surface area (Å²) < 4.78 is 0. The Kier molecular flexibility index (Phi) is 5.13. The maximum Gasteiger partial charge on any atom is 0.237 e. The fourth-order valence-electron chi connectivity index (χ4n) is 1.42. The summed E-state index contributed by atoms with van der Waals surface area (Å²) in [6.07, 6.45) is 0.459. The van der Waals surface area contributed by atoms with Crippen molar-refractivity contribution in [1.82, 2.24) is 5.32 Å². The molecule has 0 heterocycles. The van der Waals surface area contributed by atoms with Gasteiger partial charge in [0.05, 0.1) is 6.04 Å². The number of aromatic hydroxyl groups is 1. The molecule has 0 bridgehead atoms. The predicted molar refractivity (Wildman–Crippen MR) is 66.6 cm³/mol. The third kappa shape index (κ3) is 4.84. The minimum Gasteiger partial charge on any atom is -0.508 e. The molecule has 0 unspecified atom stereocenters. The Morgan fingerprint density at radius 3 is 2.44 bits per heavy atom. The molecular weight excluding hydrogens is 234 g/mol. The van der Waals surface area contributed by atoms with E-state index < -0.39 is 11.9 Å². The van der Waals surface area contributed by atoms with E-state index in [2.05, 4.69) is 5.32 Å². The van der Waals surface area contributed by atoms with Crippen LogP contribution in [0.25, 0.3) is 0 Å². The van der Waals surface area contributed by atoms with Crippen molar-refractivity contribution in [3.63, 3.8) is 0 Å². The molecule has 0 saturated carbocycles. The first-order valence-corrected chi connectivity index (χ1v) is 5.58. The second-order valence-electron chi connectivity index (χ2n) is 3.98. The molecule has 0 aliphatic heterocycles. The number of hydrogen-bond donors (Lipinski definition) is 4. The molecule has 1 aromatic rings. The summed E-state index contributed by atoms with van der Waals surface area (Å²) in [5.74, 6) is -0.634. The van der Waals surface area contributed by atoms with Crippen LogP contribution in [0.2, 0.25) is 0 Å². The van der Waals surface area contributed by atoms with Gasteiger partial charge < -0.3 is 21.9 Å². The van der Waals surface area contributed by atoms with Crippen LogP contribution in [0.1, 0.15) is 12.0 Å². The number of hydrogen-bond acceptors (Lipinski definition) is 4. The third-order valence-corrected chi connectivity index (χ3v) is 2.40. The Balaban J connectivity index is 2.39. The lowest BCUT2D eigenvalue weighted by molar-refractivity contribution is -0.122. The summed E-state index contributed by atoms with van der Waals surface area (Å²) in [7, 11) is 0. The molecule has 1 aromatic carbocycles. The predicted octanol–water partition coefficient (Wildman–Crippen LogP) is -0.746. The van der Waals surface area contributed by atoms with Gasteiger partial charge in [0, 0.05) is 13.0 Å². The quantitative estimate of drug-likeness (QED) is 0.532. The highest BCUT2D eigenvalue weighted by molar-refractivity contribution is 5.82. The molecule has 6 nitrogen and oxygen atoms in total. The number of carbonyl (C=O) groups excluding carboxylic acids is 2. The SMILES string of the molecule is NC(=O)CCNC(=O)[C@@H](N)Cc1ccc(O)cc1. The Morgan fingerprint density at radius 2 is 1.89 bits per heavy atom. The minimum absolute atomic E-state index is 0.0949. The number of primary amides is 1. The van der Waals surface area contributed by atoms with Gasteiger partial charge in [0.1, 0.15) is 5.75 Å². The second kappa shape index (κ2) is 6.61. The maximum atomic E-state index is 11.6. The first-order valence-electron chi connectivity index (χ1n) is 5.58. The smallest absolute Gasteiger partial charge is 0.237 e. The molecular formula is C12H17N3O3. The summed E-state index contributed by atoms with van der Waals surface area (Å²) >= 11 is 0. The molecule has 0 aliphatic carbocycles. The van der Waals surface area contributed by atoms with Gasteiger partial charge in [-0.2, -0.15) is 0 Å². The van der Waals surface area contributed by atoms with Crippen LogP contribution in [0.5, 0.6) is 5.75 Å². The summed E-state index contributed by atoms with van der Waals surface area (Å²) in [6.45, 7) is 0.192. The number of nitrogens with two attached hydrogens (primary N) is 2. The Labute approximate surface area is 105 Å². The van der Waals surface area contributed by atoms with Crippen LogP contribution in [0.4, 0.5) is 0 Å². The van der Waals surface area contributed by atoms with Crippen LogP contribution < -0.4 is 16.8 Å². The number of benzene rings is 1. The van der Waals surface area contributed by atoms with Crippen LogP contribution in [0.15, 0.2) is 24.3 Å². The molecule has 0 spiro atoms. The monoisotopic (exact) mass is 251 g/mol. The second-order valence-corrected chi connectivity index (χ2v) is 3.98. The molecule has 0 fully saturated rings. The average molecular weight is 251 g/mol. The molecule has 6 N–H and O–H groups in total. The number of rotatable bonds is 6. The van der Waals surface area contributed by atoms with E-state index in [1.165, 1.54) is 12.1 Å². The van der Waals surface area contributed by atoms with Crippen LogP contribution in [-0.4, -0.2) is 29.5 Å². The fourth-order valence-corrected chi connectivity index (χ4v) is 1.42. The van der Waals surface area contributed by atoms with Crippen molar-refractivity contribution >= 4 is 11.8 Å². The number of nitrogens with one attached hydrogen (secondary N) is 1. The van der Waals surface area contributed by atoms with Gasteiger partial charge in [-0.05, 0) is 24.1 Å². The molecule has 1 rings (SSSR count). The standard InChI is InChI=1S/C12H17N3O3/c13-10(12(18)15-6-5-11(14)17)7-8-1-3-9(16)4-2-8/h1-4,10,16H,5-7,13H2,(H2,14,17)(H,15,18)/t10-/m0/s1. The van der Waals surface area contributed by atoms with Crippen molar-refractivity contribution in [1.29, 1.82) is 0 Å². The van der Waals surface area contributed by atoms with Gasteiger partial charge in [0.2, 0.25) is 11.8 Å². The number of carbonyl (C=O) groups is 2. The normalized spacial score (nSPS) is 11.8. The van der Waals surface area contributed by atoms with E-state index in [9.17, 15) is 9.59 Å². The number of amides is 2. The van der Waals surface area contributed by atoms with Crippen LogP contribution >= 0.6 is 0 Å². The van der Waals surface area contributed by atoms with Gasteiger partial charge in [-0.1, -0.05) is 12.1 Å². The Morgan fingerprint density at radius 1 is 1.28 bits per heavy atom. The first-order chi connectivity index (χ1) is 8.49. The summed E-state index contributed by atoms with van der Waals surface area (Å²) in [5, 5.41) is 11.6. The van der Waals surface area contributed by atoms with Crippen molar-refractivity contribution in [2.75, 3.05) is 6.54 Å². The molecule has 6 heteroatoms. The van der Waals surface area contributed by atoms with Crippen molar-refractivity contribution < 1.29 is 14.7 Å². The zero-order chi connectivity index (χ0) is 13.5. The van der Waals surface area contributed by atoms with E-state index in [-0.39, 0.29) is 24.6 Å². The van der Waals surface area contributed by atoms with Crippen molar-refractivity contribution in [2.24, 2.45) is 11.5 Å². The highest BCUT2D eigenvalue weighted by atomic mass is 16.3. The highest BCUT2D eigenvalue weighted by Crippen LogP contribution is 2.10. The molecule has 1 atom stereocenters. The molecule has 0 aliphatic rings. The van der Waals surface area contributed by atoms with E-state index in [1.54, 1.807) is 12.1 Å². The van der Waals surface area contributed by atoms with E-state index >= 15 is 0 Å². The van der Waals surface area contributed by atoms with Gasteiger partial charge in [0.25, 0.3) is 0 Å². The highest BCUT2D eigenvalue weighted by Gasteiger charge is 2.13. The fraction of sp³-hybridized carbons (Fsp3) is 0.333. The van der Waals surface area contributed by atoms with Crippen LogP contribution in [0, 0.1) is 0 Å². The van der Waals surface area contributed by atoms with E-state index in [1.807, 2.05) is 0 Å². The van der Waals surface area contributed by atoms with Crippen molar-refractivity contribution in [3.8, 4) is 5.75 Å². The van der Waals surface area contributed by atoms with Crippen molar-refractivity contribution in [3.05, 3.63) is 29.8 Å². The molecule has 0 radical (unpaired) electrons. The summed E-state index contributed by atoms with van der Waals surface area (Å²) in [5.41, 5.74) is 11.5. The van der Waals surface area contributed by atoms with Gasteiger partial charge in [0.15, 0.2) is 0 Å². The molecule has 18 heavy (non-hydrogen) atoms. The molecule has 0 aromatic heterocycles. The Hall–Kier alpha value is -2.08. The number of phenols is 1. The minimum atomic E-state index is -0.692. The topological polar surface area (TPSA) is 118 Å². The van der Waals surface area contributed by atoms with Gasteiger partial charge in [-0.15, -0.1) is 0 Å². The molecule has 0 saturated heterocycles. The van der Waals surface area contributed by atoms with Crippen molar-refractivity contribution in [2.45, 2.75) is 18.9 Å². The van der Waals surface area contributed by atoms with E-state index in [0.29, 0.717) is 6.42 Å². The Bertz CT molecular complexity index is 417. The molecule has 2 amide bonds. The van der Waals surface area contributed by atoms with Gasteiger partial charge in [-0.25, -0.2) is 0 Å². The lowest BCUT2D eigenvalue weighted by Gasteiger charge is -2.11. The number of phenolic OH excluding ortho intramolecular Hbond substituents is 1. The average Bonchev–Trinajstić information content (AvgIpc) is 2.31. The van der Waals surface area contributed by atoms with Gasteiger partial charge in [-0.3, -0.25) is 9.59 Å². The third-order valence-electron chi connectivity index (χ3n) is 2.40. The van der Waals surface area contributed by atoms with E-state index in [4.69, 9.17) is 16.6 Å². The zero-order valence-electron chi connectivity index (χ0n) is 9.93. The first kappa shape index (κ1) is 14.0. The van der Waals surface area contributed by atoms with Crippen LogP contribution in [0.3, 0.4) is 0 Å². The zero-order valence-corrected chi connectivity index (χ0v) is 9.93. The summed E-state index contributed by atoms with van der Waals surface area (Å²) in [4.78, 5) is 22.0. The molecule has 98 valence electrons. The van der Waals surface area contributed by atoms with Gasteiger partial charge >= 0.3 is 0 Å².